The average molecular weight is 204 g/mol. The van der Waals surface area contributed by atoms with Crippen molar-refractivity contribution in [3.05, 3.63) is 24.4 Å². The molecule has 1 amide bonds. The highest BCUT2D eigenvalue weighted by molar-refractivity contribution is 6.14. The SMILES string of the molecule is CC1=NN(c2ccccn2)C(=O)C1CN. The first-order valence-corrected chi connectivity index (χ1v) is 4.74. The van der Waals surface area contributed by atoms with Gasteiger partial charge in [-0.3, -0.25) is 4.79 Å². The molecule has 0 saturated carbocycles. The Morgan fingerprint density at radius 3 is 2.87 bits per heavy atom. The Morgan fingerprint density at radius 1 is 1.53 bits per heavy atom. The van der Waals surface area contributed by atoms with Crippen LogP contribution in [0, 0.1) is 5.92 Å². The van der Waals surface area contributed by atoms with Crippen molar-refractivity contribution in [2.75, 3.05) is 11.6 Å². The standard InChI is InChI=1S/C10H12N4O/c1-7-8(6-11)10(15)14(13-7)9-4-2-3-5-12-9/h2-5,8H,6,11H2,1H3. The van der Waals surface area contributed by atoms with Gasteiger partial charge in [0.05, 0.1) is 5.92 Å². The predicted molar refractivity (Wildman–Crippen MR) is 57.4 cm³/mol. The molecule has 2 N–H and O–H groups in total. The zero-order valence-corrected chi connectivity index (χ0v) is 8.42. The molecule has 78 valence electrons. The van der Waals surface area contributed by atoms with Crippen LogP contribution in [0.4, 0.5) is 5.82 Å². The largest absolute Gasteiger partial charge is 0.329 e. The molecule has 15 heavy (non-hydrogen) atoms. The summed E-state index contributed by atoms with van der Waals surface area (Å²) in [5.41, 5.74) is 6.25. The third-order valence-electron chi connectivity index (χ3n) is 2.37. The topological polar surface area (TPSA) is 71.6 Å². The van der Waals surface area contributed by atoms with E-state index in [2.05, 4.69) is 10.1 Å². The number of amides is 1. The highest BCUT2D eigenvalue weighted by Crippen LogP contribution is 2.20. The van der Waals surface area contributed by atoms with Gasteiger partial charge in [0, 0.05) is 18.5 Å². The fourth-order valence-electron chi connectivity index (χ4n) is 1.52. The van der Waals surface area contributed by atoms with Crippen molar-refractivity contribution in [3.63, 3.8) is 0 Å². The highest BCUT2D eigenvalue weighted by Gasteiger charge is 2.33. The molecular weight excluding hydrogens is 192 g/mol. The quantitative estimate of drug-likeness (QED) is 0.757. The van der Waals surface area contributed by atoms with Gasteiger partial charge in [0.1, 0.15) is 0 Å². The minimum atomic E-state index is -0.299. The summed E-state index contributed by atoms with van der Waals surface area (Å²) < 4.78 is 0. The van der Waals surface area contributed by atoms with Crippen molar-refractivity contribution in [3.8, 4) is 0 Å². The zero-order valence-electron chi connectivity index (χ0n) is 8.42. The molecule has 1 atom stereocenters. The molecule has 0 bridgehead atoms. The Kier molecular flexibility index (Phi) is 2.47. The first kappa shape index (κ1) is 9.79. The van der Waals surface area contributed by atoms with E-state index in [4.69, 9.17) is 5.73 Å². The third kappa shape index (κ3) is 1.61. The van der Waals surface area contributed by atoms with E-state index in [1.54, 1.807) is 25.3 Å². The Labute approximate surface area is 87.6 Å². The van der Waals surface area contributed by atoms with Gasteiger partial charge < -0.3 is 5.73 Å². The van der Waals surface area contributed by atoms with E-state index >= 15 is 0 Å². The molecule has 0 fully saturated rings. The first-order chi connectivity index (χ1) is 7.24. The Hall–Kier alpha value is -1.75. The molecule has 0 aliphatic carbocycles. The summed E-state index contributed by atoms with van der Waals surface area (Å²) in [6, 6.07) is 5.35. The Balaban J connectivity index is 2.31. The van der Waals surface area contributed by atoms with E-state index < -0.39 is 0 Å². The van der Waals surface area contributed by atoms with Crippen molar-refractivity contribution in [1.29, 1.82) is 0 Å². The molecule has 0 spiro atoms. The van der Waals surface area contributed by atoms with Crippen LogP contribution in [0.2, 0.25) is 0 Å². The smallest absolute Gasteiger partial charge is 0.258 e. The number of nitrogens with two attached hydrogens (primary N) is 1. The molecule has 2 rings (SSSR count). The second-order valence-electron chi connectivity index (χ2n) is 3.37. The maximum absolute atomic E-state index is 11.8. The number of aromatic nitrogens is 1. The Bertz CT molecular complexity index is 401. The fraction of sp³-hybridized carbons (Fsp3) is 0.300. The van der Waals surface area contributed by atoms with Crippen molar-refractivity contribution in [1.82, 2.24) is 4.98 Å². The molecule has 0 aromatic carbocycles. The van der Waals surface area contributed by atoms with Crippen LogP contribution in [0.5, 0.6) is 0 Å². The van der Waals surface area contributed by atoms with Gasteiger partial charge in [0.25, 0.3) is 5.91 Å². The van der Waals surface area contributed by atoms with E-state index in [-0.39, 0.29) is 18.4 Å². The number of rotatable bonds is 2. The van der Waals surface area contributed by atoms with Crippen molar-refractivity contribution < 1.29 is 4.79 Å². The number of carbonyl (C=O) groups is 1. The number of hydrogen-bond donors (Lipinski definition) is 1. The fourth-order valence-corrected chi connectivity index (χ4v) is 1.52. The lowest BCUT2D eigenvalue weighted by molar-refractivity contribution is -0.119. The summed E-state index contributed by atoms with van der Waals surface area (Å²) in [7, 11) is 0. The van der Waals surface area contributed by atoms with Gasteiger partial charge in [-0.15, -0.1) is 0 Å². The van der Waals surface area contributed by atoms with Crippen LogP contribution < -0.4 is 10.7 Å². The second-order valence-corrected chi connectivity index (χ2v) is 3.37. The molecule has 2 heterocycles. The molecule has 5 heteroatoms. The molecule has 1 unspecified atom stereocenters. The molecule has 0 radical (unpaired) electrons. The van der Waals surface area contributed by atoms with Gasteiger partial charge in [-0.05, 0) is 19.1 Å². The van der Waals surface area contributed by atoms with E-state index in [1.165, 1.54) is 5.01 Å². The molecule has 1 aromatic rings. The average Bonchev–Trinajstić information content (AvgIpc) is 2.55. The summed E-state index contributed by atoms with van der Waals surface area (Å²) in [4.78, 5) is 15.9. The highest BCUT2D eigenvalue weighted by atomic mass is 16.2. The monoisotopic (exact) mass is 204 g/mol. The van der Waals surface area contributed by atoms with Crippen LogP contribution in [0.25, 0.3) is 0 Å². The van der Waals surface area contributed by atoms with Crippen LogP contribution >= 0.6 is 0 Å². The molecule has 5 nitrogen and oxygen atoms in total. The van der Waals surface area contributed by atoms with E-state index in [1.807, 2.05) is 6.07 Å². The van der Waals surface area contributed by atoms with E-state index in [9.17, 15) is 4.79 Å². The number of pyridine rings is 1. The number of anilines is 1. The molecule has 0 saturated heterocycles. The lowest BCUT2D eigenvalue weighted by Gasteiger charge is -2.11. The maximum Gasteiger partial charge on any atom is 0.258 e. The van der Waals surface area contributed by atoms with Gasteiger partial charge in [0.2, 0.25) is 0 Å². The van der Waals surface area contributed by atoms with Gasteiger partial charge in [0.15, 0.2) is 5.82 Å². The number of hydrogen-bond acceptors (Lipinski definition) is 4. The molecule has 1 aliphatic rings. The van der Waals surface area contributed by atoms with Gasteiger partial charge >= 0.3 is 0 Å². The van der Waals surface area contributed by atoms with Crippen molar-refractivity contribution >= 4 is 17.4 Å². The zero-order chi connectivity index (χ0) is 10.8. The van der Waals surface area contributed by atoms with Gasteiger partial charge in [-0.2, -0.15) is 10.1 Å². The van der Waals surface area contributed by atoms with Crippen LogP contribution in [0.3, 0.4) is 0 Å². The Morgan fingerprint density at radius 2 is 2.33 bits per heavy atom. The molecule has 1 aliphatic heterocycles. The molecular formula is C10H12N4O. The summed E-state index contributed by atoms with van der Waals surface area (Å²) in [6.45, 7) is 2.09. The van der Waals surface area contributed by atoms with Crippen LogP contribution in [-0.2, 0) is 4.79 Å². The van der Waals surface area contributed by atoms with Crippen LogP contribution in [-0.4, -0.2) is 23.1 Å². The summed E-state index contributed by atoms with van der Waals surface area (Å²) in [5.74, 6) is 0.138. The summed E-state index contributed by atoms with van der Waals surface area (Å²) >= 11 is 0. The van der Waals surface area contributed by atoms with Crippen LogP contribution in [0.1, 0.15) is 6.92 Å². The summed E-state index contributed by atoms with van der Waals surface area (Å²) in [6.07, 6.45) is 1.63. The van der Waals surface area contributed by atoms with E-state index in [0.29, 0.717) is 5.82 Å². The van der Waals surface area contributed by atoms with Gasteiger partial charge in [-0.1, -0.05) is 6.07 Å². The van der Waals surface area contributed by atoms with Crippen LogP contribution in [0.15, 0.2) is 29.5 Å². The molecule has 1 aromatic heterocycles. The van der Waals surface area contributed by atoms with Crippen molar-refractivity contribution in [2.45, 2.75) is 6.92 Å². The normalized spacial score (nSPS) is 20.7. The van der Waals surface area contributed by atoms with E-state index in [0.717, 1.165) is 5.71 Å². The minimum Gasteiger partial charge on any atom is -0.329 e. The number of hydrazone groups is 1. The van der Waals surface area contributed by atoms with Gasteiger partial charge in [-0.25, -0.2) is 4.98 Å². The second kappa shape index (κ2) is 3.78. The lowest BCUT2D eigenvalue weighted by atomic mass is 10.1. The van der Waals surface area contributed by atoms with Crippen molar-refractivity contribution in [2.24, 2.45) is 16.8 Å². The lowest BCUT2D eigenvalue weighted by Crippen LogP contribution is -2.32. The first-order valence-electron chi connectivity index (χ1n) is 4.74. The number of nitrogens with zero attached hydrogens (tertiary/aromatic N) is 3. The maximum atomic E-state index is 11.8. The minimum absolute atomic E-state index is 0.103. The third-order valence-corrected chi connectivity index (χ3v) is 2.37. The predicted octanol–water partition coefficient (Wildman–Crippen LogP) is 0.379. The number of carbonyl (C=O) groups excluding carboxylic acids is 1. The summed E-state index contributed by atoms with van der Waals surface area (Å²) in [5, 5.41) is 5.46.